The Bertz CT molecular complexity index is 454. The number of carbonyl (C=O) groups excluding carboxylic acids is 1. The number of hydrogen-bond donors (Lipinski definition) is 0. The predicted molar refractivity (Wildman–Crippen MR) is 85.2 cm³/mol. The second kappa shape index (κ2) is 6.55. The molecule has 0 N–H and O–H groups in total. The van der Waals surface area contributed by atoms with Crippen molar-refractivity contribution in [3.63, 3.8) is 0 Å². The highest BCUT2D eigenvalue weighted by Crippen LogP contribution is 2.30. The van der Waals surface area contributed by atoms with Gasteiger partial charge in [0.25, 0.3) is 0 Å². The van der Waals surface area contributed by atoms with Crippen LogP contribution in [0, 0.1) is 11.3 Å². The molecule has 0 aromatic heterocycles. The maximum Gasteiger partial charge on any atom is 0.240 e. The number of nitrogens with zero attached hydrogens (tertiary/aromatic N) is 4. The average molecular weight is 304 g/mol. The Balaban J connectivity index is 1.65. The molecule has 2 unspecified atom stereocenters. The quantitative estimate of drug-likeness (QED) is 0.792. The van der Waals surface area contributed by atoms with Crippen LogP contribution in [0.4, 0.5) is 0 Å². The number of likely N-dealkylation sites (tertiary alicyclic amines) is 1. The minimum absolute atomic E-state index is 0.0283. The van der Waals surface area contributed by atoms with Crippen molar-refractivity contribution in [1.29, 1.82) is 5.26 Å². The van der Waals surface area contributed by atoms with E-state index < -0.39 is 0 Å². The van der Waals surface area contributed by atoms with Crippen LogP contribution in [0.3, 0.4) is 0 Å². The van der Waals surface area contributed by atoms with Crippen molar-refractivity contribution in [3.05, 3.63) is 0 Å². The fourth-order valence-corrected chi connectivity index (χ4v) is 4.00. The standard InChI is InChI=1S/C17H28N4O/c1-13(2)20-8-4-3-5-16(20)17(22)19-9-10-21(14-6-7-14)15(11-18)12-19/h13-16H,3-10,12H2,1-2H3. The summed E-state index contributed by atoms with van der Waals surface area (Å²) in [6, 6.07) is 3.35. The first-order valence-corrected chi connectivity index (χ1v) is 8.81. The molecule has 2 atom stereocenters. The molecule has 1 saturated carbocycles. The molecule has 2 aliphatic heterocycles. The molecule has 2 saturated heterocycles. The van der Waals surface area contributed by atoms with Gasteiger partial charge in [-0.15, -0.1) is 0 Å². The SMILES string of the molecule is CC(C)N1CCCCC1C(=O)N1CCN(C2CC2)C(C#N)C1. The molecule has 3 fully saturated rings. The highest BCUT2D eigenvalue weighted by molar-refractivity contribution is 5.82. The van der Waals surface area contributed by atoms with E-state index in [-0.39, 0.29) is 18.0 Å². The zero-order valence-corrected chi connectivity index (χ0v) is 13.9. The molecule has 122 valence electrons. The van der Waals surface area contributed by atoms with E-state index in [1.165, 1.54) is 19.3 Å². The molecule has 0 bridgehead atoms. The van der Waals surface area contributed by atoms with Crippen LogP contribution in [0.1, 0.15) is 46.0 Å². The fourth-order valence-electron chi connectivity index (χ4n) is 4.00. The summed E-state index contributed by atoms with van der Waals surface area (Å²) in [6.45, 7) is 7.62. The number of amides is 1. The van der Waals surface area contributed by atoms with Crippen LogP contribution < -0.4 is 0 Å². The van der Waals surface area contributed by atoms with Gasteiger partial charge in [0.1, 0.15) is 6.04 Å². The Labute approximate surface area is 133 Å². The lowest BCUT2D eigenvalue weighted by atomic mass is 9.98. The number of piperidine rings is 1. The molecule has 3 rings (SSSR count). The molecule has 5 nitrogen and oxygen atoms in total. The Kier molecular flexibility index (Phi) is 4.70. The van der Waals surface area contributed by atoms with Crippen molar-refractivity contribution in [2.24, 2.45) is 0 Å². The van der Waals surface area contributed by atoms with Gasteiger partial charge < -0.3 is 4.90 Å². The topological polar surface area (TPSA) is 50.6 Å². The fraction of sp³-hybridized carbons (Fsp3) is 0.882. The Morgan fingerprint density at radius 1 is 1.14 bits per heavy atom. The van der Waals surface area contributed by atoms with Gasteiger partial charge in [-0.05, 0) is 46.1 Å². The van der Waals surface area contributed by atoms with Crippen molar-refractivity contribution >= 4 is 5.91 Å². The molecule has 0 spiro atoms. The van der Waals surface area contributed by atoms with Crippen LogP contribution >= 0.6 is 0 Å². The molecule has 1 amide bonds. The third-order valence-corrected chi connectivity index (χ3v) is 5.39. The van der Waals surface area contributed by atoms with E-state index in [0.29, 0.717) is 18.6 Å². The minimum Gasteiger partial charge on any atom is -0.337 e. The van der Waals surface area contributed by atoms with Crippen molar-refractivity contribution in [2.45, 2.75) is 70.1 Å². The Morgan fingerprint density at radius 2 is 1.91 bits per heavy atom. The Morgan fingerprint density at radius 3 is 2.55 bits per heavy atom. The van der Waals surface area contributed by atoms with Crippen LogP contribution in [0.5, 0.6) is 0 Å². The maximum absolute atomic E-state index is 13.0. The lowest BCUT2D eigenvalue weighted by Crippen LogP contribution is -2.60. The summed E-state index contributed by atoms with van der Waals surface area (Å²) in [4.78, 5) is 19.6. The highest BCUT2D eigenvalue weighted by atomic mass is 16.2. The summed E-state index contributed by atoms with van der Waals surface area (Å²) < 4.78 is 0. The number of rotatable bonds is 3. The minimum atomic E-state index is -0.110. The van der Waals surface area contributed by atoms with Crippen molar-refractivity contribution < 1.29 is 4.79 Å². The highest BCUT2D eigenvalue weighted by Gasteiger charge is 2.41. The summed E-state index contributed by atoms with van der Waals surface area (Å²) in [5.41, 5.74) is 0. The lowest BCUT2D eigenvalue weighted by Gasteiger charge is -2.43. The van der Waals surface area contributed by atoms with E-state index in [1.54, 1.807) is 0 Å². The summed E-state index contributed by atoms with van der Waals surface area (Å²) in [6.07, 6.45) is 5.74. The second-order valence-electron chi connectivity index (χ2n) is 7.24. The van der Waals surface area contributed by atoms with Gasteiger partial charge in [-0.1, -0.05) is 6.42 Å². The molecule has 22 heavy (non-hydrogen) atoms. The van der Waals surface area contributed by atoms with Crippen molar-refractivity contribution in [3.8, 4) is 6.07 Å². The van der Waals surface area contributed by atoms with E-state index in [0.717, 1.165) is 32.5 Å². The number of hydrogen-bond acceptors (Lipinski definition) is 4. The van der Waals surface area contributed by atoms with E-state index in [9.17, 15) is 10.1 Å². The zero-order chi connectivity index (χ0) is 15.7. The molecule has 0 aromatic carbocycles. The molecule has 3 aliphatic rings. The van der Waals surface area contributed by atoms with Crippen LogP contribution in [0.15, 0.2) is 0 Å². The van der Waals surface area contributed by atoms with Crippen molar-refractivity contribution in [1.82, 2.24) is 14.7 Å². The van der Waals surface area contributed by atoms with Gasteiger partial charge in [0.05, 0.1) is 12.1 Å². The van der Waals surface area contributed by atoms with Gasteiger partial charge in [0.2, 0.25) is 5.91 Å². The van der Waals surface area contributed by atoms with Crippen LogP contribution in [-0.4, -0.2) is 71.0 Å². The van der Waals surface area contributed by atoms with Gasteiger partial charge >= 0.3 is 0 Å². The summed E-state index contributed by atoms with van der Waals surface area (Å²) in [5, 5.41) is 9.45. The largest absolute Gasteiger partial charge is 0.337 e. The van der Waals surface area contributed by atoms with Crippen molar-refractivity contribution in [2.75, 3.05) is 26.2 Å². The smallest absolute Gasteiger partial charge is 0.240 e. The van der Waals surface area contributed by atoms with Crippen LogP contribution in [0.2, 0.25) is 0 Å². The number of piperazine rings is 1. The molecule has 2 heterocycles. The molecule has 5 heteroatoms. The Hall–Kier alpha value is -1.12. The lowest BCUT2D eigenvalue weighted by molar-refractivity contribution is -0.141. The third-order valence-electron chi connectivity index (χ3n) is 5.39. The molecule has 0 aromatic rings. The predicted octanol–water partition coefficient (Wildman–Crippen LogP) is 1.45. The summed E-state index contributed by atoms with van der Waals surface area (Å²) in [7, 11) is 0. The molecule has 0 radical (unpaired) electrons. The van der Waals surface area contributed by atoms with E-state index in [1.807, 2.05) is 4.90 Å². The van der Waals surface area contributed by atoms with Crippen LogP contribution in [0.25, 0.3) is 0 Å². The second-order valence-corrected chi connectivity index (χ2v) is 7.24. The third kappa shape index (κ3) is 3.13. The van der Waals surface area contributed by atoms with E-state index >= 15 is 0 Å². The number of nitriles is 1. The van der Waals surface area contributed by atoms with Gasteiger partial charge in [-0.25, -0.2) is 0 Å². The summed E-state index contributed by atoms with van der Waals surface area (Å²) >= 11 is 0. The molecular formula is C17H28N4O. The van der Waals surface area contributed by atoms with Gasteiger partial charge in [-0.3, -0.25) is 14.6 Å². The summed E-state index contributed by atoms with van der Waals surface area (Å²) in [5.74, 6) is 0.254. The van der Waals surface area contributed by atoms with Gasteiger partial charge in [0.15, 0.2) is 0 Å². The van der Waals surface area contributed by atoms with E-state index in [4.69, 9.17) is 0 Å². The number of carbonyl (C=O) groups is 1. The zero-order valence-electron chi connectivity index (χ0n) is 13.9. The normalized spacial score (nSPS) is 31.3. The maximum atomic E-state index is 13.0. The first kappa shape index (κ1) is 15.8. The van der Waals surface area contributed by atoms with Crippen LogP contribution in [-0.2, 0) is 4.79 Å². The monoisotopic (exact) mass is 304 g/mol. The van der Waals surface area contributed by atoms with E-state index in [2.05, 4.69) is 29.7 Å². The first-order valence-electron chi connectivity index (χ1n) is 8.81. The average Bonchev–Trinajstić information content (AvgIpc) is 3.38. The van der Waals surface area contributed by atoms with Gasteiger partial charge in [0, 0.05) is 31.7 Å². The first-order chi connectivity index (χ1) is 10.6. The molecular weight excluding hydrogens is 276 g/mol. The molecule has 1 aliphatic carbocycles. The van der Waals surface area contributed by atoms with Gasteiger partial charge in [-0.2, -0.15) is 5.26 Å².